The SMILES string of the molecule is CC(=O)[C@@]1(O)CCC[C@@H]1C. The second-order valence-electron chi connectivity index (χ2n) is 3.27. The second kappa shape index (κ2) is 2.35. The molecular weight excluding hydrogens is 128 g/mol. The third-order valence-corrected chi connectivity index (χ3v) is 2.62. The summed E-state index contributed by atoms with van der Waals surface area (Å²) in [6.07, 6.45) is 2.62. The highest BCUT2D eigenvalue weighted by Crippen LogP contribution is 2.35. The molecule has 2 atom stereocenters. The van der Waals surface area contributed by atoms with Gasteiger partial charge in [0.15, 0.2) is 5.78 Å². The molecule has 0 spiro atoms. The molecule has 58 valence electrons. The summed E-state index contributed by atoms with van der Waals surface area (Å²) in [5.74, 6) is 0.0856. The lowest BCUT2D eigenvalue weighted by Crippen LogP contribution is -2.39. The number of rotatable bonds is 1. The van der Waals surface area contributed by atoms with Gasteiger partial charge in [-0.3, -0.25) is 4.79 Å². The number of carbonyl (C=O) groups is 1. The molecule has 0 radical (unpaired) electrons. The zero-order valence-electron chi connectivity index (χ0n) is 6.55. The quantitative estimate of drug-likeness (QED) is 0.595. The van der Waals surface area contributed by atoms with Gasteiger partial charge in [-0.1, -0.05) is 6.92 Å². The maximum absolute atomic E-state index is 10.9. The van der Waals surface area contributed by atoms with Crippen LogP contribution in [-0.4, -0.2) is 16.5 Å². The predicted octanol–water partition coefficient (Wildman–Crippen LogP) is 1.13. The van der Waals surface area contributed by atoms with E-state index >= 15 is 0 Å². The first-order valence-electron chi connectivity index (χ1n) is 3.81. The average molecular weight is 142 g/mol. The first kappa shape index (κ1) is 7.73. The molecule has 1 saturated carbocycles. The molecule has 1 aliphatic rings. The number of hydrogen-bond acceptors (Lipinski definition) is 2. The molecule has 1 aliphatic carbocycles. The maximum Gasteiger partial charge on any atom is 0.161 e. The molecule has 0 aliphatic heterocycles. The van der Waals surface area contributed by atoms with E-state index in [1.807, 2.05) is 6.92 Å². The molecule has 0 aromatic rings. The van der Waals surface area contributed by atoms with Gasteiger partial charge in [0.05, 0.1) is 0 Å². The topological polar surface area (TPSA) is 37.3 Å². The van der Waals surface area contributed by atoms with E-state index in [0.29, 0.717) is 6.42 Å². The molecule has 2 nitrogen and oxygen atoms in total. The van der Waals surface area contributed by atoms with Crippen LogP contribution in [0.1, 0.15) is 33.1 Å². The van der Waals surface area contributed by atoms with Crippen molar-refractivity contribution in [2.75, 3.05) is 0 Å². The monoisotopic (exact) mass is 142 g/mol. The zero-order valence-corrected chi connectivity index (χ0v) is 6.55. The lowest BCUT2D eigenvalue weighted by molar-refractivity contribution is -0.138. The molecule has 0 amide bonds. The molecule has 0 saturated heterocycles. The Balaban J connectivity index is 2.75. The Bertz CT molecular complexity index is 153. The molecule has 1 rings (SSSR count). The van der Waals surface area contributed by atoms with Gasteiger partial charge in [0, 0.05) is 0 Å². The fourth-order valence-electron chi connectivity index (χ4n) is 1.69. The van der Waals surface area contributed by atoms with Crippen molar-refractivity contribution in [3.8, 4) is 0 Å². The highest BCUT2D eigenvalue weighted by atomic mass is 16.3. The number of ketones is 1. The van der Waals surface area contributed by atoms with E-state index in [9.17, 15) is 9.90 Å². The van der Waals surface area contributed by atoms with Gasteiger partial charge < -0.3 is 5.11 Å². The van der Waals surface area contributed by atoms with Crippen molar-refractivity contribution in [3.63, 3.8) is 0 Å². The summed E-state index contributed by atoms with van der Waals surface area (Å²) in [4.78, 5) is 10.9. The Morgan fingerprint density at radius 1 is 1.70 bits per heavy atom. The highest BCUT2D eigenvalue weighted by Gasteiger charge is 2.42. The third kappa shape index (κ3) is 0.966. The van der Waals surface area contributed by atoms with E-state index in [2.05, 4.69) is 0 Å². The fraction of sp³-hybridized carbons (Fsp3) is 0.875. The van der Waals surface area contributed by atoms with Crippen molar-refractivity contribution in [3.05, 3.63) is 0 Å². The van der Waals surface area contributed by atoms with Gasteiger partial charge in [0.2, 0.25) is 0 Å². The highest BCUT2D eigenvalue weighted by molar-refractivity contribution is 5.85. The van der Waals surface area contributed by atoms with Crippen molar-refractivity contribution in [1.82, 2.24) is 0 Å². The second-order valence-corrected chi connectivity index (χ2v) is 3.27. The van der Waals surface area contributed by atoms with Crippen LogP contribution in [0.4, 0.5) is 0 Å². The van der Waals surface area contributed by atoms with Gasteiger partial charge in [0.25, 0.3) is 0 Å². The lowest BCUT2D eigenvalue weighted by atomic mass is 9.89. The average Bonchev–Trinajstić information content (AvgIpc) is 2.15. The smallest absolute Gasteiger partial charge is 0.161 e. The molecular formula is C8H14O2. The van der Waals surface area contributed by atoms with E-state index in [-0.39, 0.29) is 11.7 Å². The van der Waals surface area contributed by atoms with Crippen LogP contribution in [0.5, 0.6) is 0 Å². The van der Waals surface area contributed by atoms with Crippen LogP contribution in [0.25, 0.3) is 0 Å². The number of Topliss-reactive ketones (excluding diaryl/α,β-unsaturated/α-hetero) is 1. The van der Waals surface area contributed by atoms with Crippen molar-refractivity contribution in [1.29, 1.82) is 0 Å². The molecule has 1 N–H and O–H groups in total. The first-order chi connectivity index (χ1) is 4.57. The Kier molecular flexibility index (Phi) is 1.82. The summed E-state index contributed by atoms with van der Waals surface area (Å²) in [7, 11) is 0. The fourth-order valence-corrected chi connectivity index (χ4v) is 1.69. The van der Waals surface area contributed by atoms with Crippen LogP contribution in [0, 0.1) is 5.92 Å². The Labute approximate surface area is 61.2 Å². The summed E-state index contributed by atoms with van der Waals surface area (Å²) in [5, 5.41) is 9.69. The molecule has 2 heteroatoms. The lowest BCUT2D eigenvalue weighted by Gasteiger charge is -2.23. The summed E-state index contributed by atoms with van der Waals surface area (Å²) in [5.41, 5.74) is -0.986. The molecule has 0 aromatic carbocycles. The van der Waals surface area contributed by atoms with Crippen LogP contribution in [0.3, 0.4) is 0 Å². The Morgan fingerprint density at radius 2 is 2.30 bits per heavy atom. The molecule has 1 fully saturated rings. The number of carbonyl (C=O) groups excluding carboxylic acids is 1. The minimum atomic E-state index is -0.986. The molecule has 10 heavy (non-hydrogen) atoms. The number of aliphatic hydroxyl groups is 1. The summed E-state index contributed by atoms with van der Waals surface area (Å²) in [6, 6.07) is 0. The van der Waals surface area contributed by atoms with E-state index in [0.717, 1.165) is 12.8 Å². The van der Waals surface area contributed by atoms with Gasteiger partial charge in [-0.05, 0) is 32.1 Å². The standard InChI is InChI=1S/C8H14O2/c1-6-4-3-5-8(6,10)7(2)9/h6,10H,3-5H2,1-2H3/t6-,8+/m0/s1. The first-order valence-corrected chi connectivity index (χ1v) is 3.81. The molecule has 0 bridgehead atoms. The van der Waals surface area contributed by atoms with Crippen LogP contribution < -0.4 is 0 Å². The van der Waals surface area contributed by atoms with E-state index < -0.39 is 5.60 Å². The van der Waals surface area contributed by atoms with E-state index in [1.165, 1.54) is 6.92 Å². The molecule has 0 unspecified atom stereocenters. The van der Waals surface area contributed by atoms with E-state index in [1.54, 1.807) is 0 Å². The third-order valence-electron chi connectivity index (χ3n) is 2.62. The summed E-state index contributed by atoms with van der Waals surface area (Å²) >= 11 is 0. The summed E-state index contributed by atoms with van der Waals surface area (Å²) < 4.78 is 0. The van der Waals surface area contributed by atoms with E-state index in [4.69, 9.17) is 0 Å². The van der Waals surface area contributed by atoms with Crippen LogP contribution in [0.2, 0.25) is 0 Å². The van der Waals surface area contributed by atoms with Crippen molar-refractivity contribution in [2.45, 2.75) is 38.7 Å². The van der Waals surface area contributed by atoms with Crippen LogP contribution in [0.15, 0.2) is 0 Å². The maximum atomic E-state index is 10.9. The van der Waals surface area contributed by atoms with Crippen molar-refractivity contribution >= 4 is 5.78 Å². The van der Waals surface area contributed by atoms with Crippen molar-refractivity contribution in [2.24, 2.45) is 5.92 Å². The summed E-state index contributed by atoms with van der Waals surface area (Å²) in [6.45, 7) is 3.41. The molecule has 0 heterocycles. The molecule has 0 aromatic heterocycles. The van der Waals surface area contributed by atoms with Crippen LogP contribution >= 0.6 is 0 Å². The minimum Gasteiger partial charge on any atom is -0.382 e. The number of hydrogen-bond donors (Lipinski definition) is 1. The Hall–Kier alpha value is -0.370. The predicted molar refractivity (Wildman–Crippen MR) is 38.6 cm³/mol. The van der Waals surface area contributed by atoms with Gasteiger partial charge >= 0.3 is 0 Å². The largest absolute Gasteiger partial charge is 0.382 e. The van der Waals surface area contributed by atoms with Gasteiger partial charge in [-0.25, -0.2) is 0 Å². The minimum absolute atomic E-state index is 0.0718. The Morgan fingerprint density at radius 3 is 2.50 bits per heavy atom. The van der Waals surface area contributed by atoms with Gasteiger partial charge in [-0.15, -0.1) is 0 Å². The van der Waals surface area contributed by atoms with Crippen LogP contribution in [-0.2, 0) is 4.79 Å². The normalized spacial score (nSPS) is 40.1. The zero-order chi connectivity index (χ0) is 7.78. The van der Waals surface area contributed by atoms with Gasteiger partial charge in [-0.2, -0.15) is 0 Å². The van der Waals surface area contributed by atoms with Crippen molar-refractivity contribution < 1.29 is 9.90 Å². The van der Waals surface area contributed by atoms with Gasteiger partial charge in [0.1, 0.15) is 5.60 Å².